The zero-order valence-corrected chi connectivity index (χ0v) is 13.1. The SMILES string of the molecule is Cc1cccc(CNC(=O)c2cccc(NC(=O)C3CC3)c2)c1. The Labute approximate surface area is 135 Å². The van der Waals surface area contributed by atoms with Crippen LogP contribution in [0.2, 0.25) is 0 Å². The molecule has 4 nitrogen and oxygen atoms in total. The maximum absolute atomic E-state index is 12.3. The Bertz CT molecular complexity index is 736. The predicted molar refractivity (Wildman–Crippen MR) is 90.1 cm³/mol. The zero-order valence-electron chi connectivity index (χ0n) is 13.1. The smallest absolute Gasteiger partial charge is 0.251 e. The fourth-order valence-electron chi connectivity index (χ4n) is 2.43. The van der Waals surface area contributed by atoms with Gasteiger partial charge in [-0.15, -0.1) is 0 Å². The van der Waals surface area contributed by atoms with Crippen molar-refractivity contribution < 1.29 is 9.59 Å². The molecule has 0 aliphatic heterocycles. The summed E-state index contributed by atoms with van der Waals surface area (Å²) >= 11 is 0. The normalized spacial score (nSPS) is 13.4. The number of nitrogens with one attached hydrogen (secondary N) is 2. The largest absolute Gasteiger partial charge is 0.348 e. The first-order valence-corrected chi connectivity index (χ1v) is 7.86. The average molecular weight is 308 g/mol. The Morgan fingerprint density at radius 1 is 1.09 bits per heavy atom. The molecule has 2 N–H and O–H groups in total. The van der Waals surface area contributed by atoms with Crippen LogP contribution in [-0.4, -0.2) is 11.8 Å². The monoisotopic (exact) mass is 308 g/mol. The number of rotatable bonds is 5. The predicted octanol–water partition coefficient (Wildman–Crippen LogP) is 3.27. The topological polar surface area (TPSA) is 58.2 Å². The molecule has 1 aliphatic rings. The molecule has 0 spiro atoms. The first-order valence-electron chi connectivity index (χ1n) is 7.86. The molecular formula is C19H20N2O2. The number of hydrogen-bond donors (Lipinski definition) is 2. The van der Waals surface area contributed by atoms with Crippen LogP contribution in [0.1, 0.15) is 34.3 Å². The molecule has 0 bridgehead atoms. The van der Waals surface area contributed by atoms with Crippen LogP contribution < -0.4 is 10.6 Å². The minimum Gasteiger partial charge on any atom is -0.348 e. The van der Waals surface area contributed by atoms with Crippen molar-refractivity contribution in [2.45, 2.75) is 26.3 Å². The Morgan fingerprint density at radius 2 is 1.87 bits per heavy atom. The summed E-state index contributed by atoms with van der Waals surface area (Å²) in [6.07, 6.45) is 1.92. The van der Waals surface area contributed by atoms with Crippen LogP contribution >= 0.6 is 0 Å². The van der Waals surface area contributed by atoms with E-state index in [0.29, 0.717) is 17.8 Å². The van der Waals surface area contributed by atoms with E-state index in [-0.39, 0.29) is 17.7 Å². The van der Waals surface area contributed by atoms with E-state index in [2.05, 4.69) is 10.6 Å². The summed E-state index contributed by atoms with van der Waals surface area (Å²) < 4.78 is 0. The van der Waals surface area contributed by atoms with E-state index < -0.39 is 0 Å². The van der Waals surface area contributed by atoms with Gasteiger partial charge in [0.15, 0.2) is 0 Å². The lowest BCUT2D eigenvalue weighted by atomic mass is 10.1. The number of anilines is 1. The molecule has 0 heterocycles. The standard InChI is InChI=1S/C19H20N2O2/c1-13-4-2-5-14(10-13)12-20-18(22)16-6-3-7-17(11-16)21-19(23)15-8-9-15/h2-7,10-11,15H,8-9,12H2,1H3,(H,20,22)(H,21,23). The van der Waals surface area contributed by atoms with Gasteiger partial charge < -0.3 is 10.6 Å². The fraction of sp³-hybridized carbons (Fsp3) is 0.263. The summed E-state index contributed by atoms with van der Waals surface area (Å²) in [6.45, 7) is 2.51. The van der Waals surface area contributed by atoms with Gasteiger partial charge in [0.2, 0.25) is 5.91 Å². The lowest BCUT2D eigenvalue weighted by Crippen LogP contribution is -2.23. The number of amides is 2. The third kappa shape index (κ3) is 4.19. The molecular weight excluding hydrogens is 288 g/mol. The average Bonchev–Trinajstić information content (AvgIpc) is 3.38. The Kier molecular flexibility index (Phi) is 4.42. The summed E-state index contributed by atoms with van der Waals surface area (Å²) in [5.41, 5.74) is 3.45. The molecule has 2 amide bonds. The van der Waals surface area contributed by atoms with E-state index in [0.717, 1.165) is 18.4 Å². The lowest BCUT2D eigenvalue weighted by molar-refractivity contribution is -0.117. The first kappa shape index (κ1) is 15.3. The van der Waals surface area contributed by atoms with Gasteiger partial charge in [-0.2, -0.15) is 0 Å². The second-order valence-corrected chi connectivity index (χ2v) is 6.02. The number of hydrogen-bond acceptors (Lipinski definition) is 2. The van der Waals surface area contributed by atoms with E-state index in [4.69, 9.17) is 0 Å². The summed E-state index contributed by atoms with van der Waals surface area (Å²) in [5.74, 6) is 0.0464. The van der Waals surface area contributed by atoms with Crippen LogP contribution in [0.5, 0.6) is 0 Å². The highest BCUT2D eigenvalue weighted by atomic mass is 16.2. The second kappa shape index (κ2) is 6.65. The number of carbonyl (C=O) groups is 2. The van der Waals surface area contributed by atoms with Gasteiger partial charge in [-0.3, -0.25) is 9.59 Å². The molecule has 1 saturated carbocycles. The Balaban J connectivity index is 1.61. The van der Waals surface area contributed by atoms with E-state index in [9.17, 15) is 9.59 Å². The molecule has 0 radical (unpaired) electrons. The van der Waals surface area contributed by atoms with Gasteiger partial charge in [-0.1, -0.05) is 35.9 Å². The molecule has 4 heteroatoms. The van der Waals surface area contributed by atoms with Crippen LogP contribution in [0.15, 0.2) is 48.5 Å². The van der Waals surface area contributed by atoms with Crippen LogP contribution in [0, 0.1) is 12.8 Å². The highest BCUT2D eigenvalue weighted by molar-refractivity contribution is 5.98. The number of carbonyl (C=O) groups excluding carboxylic acids is 2. The molecule has 0 aromatic heterocycles. The highest BCUT2D eigenvalue weighted by Gasteiger charge is 2.29. The van der Waals surface area contributed by atoms with Gasteiger partial charge in [-0.25, -0.2) is 0 Å². The molecule has 0 atom stereocenters. The van der Waals surface area contributed by atoms with Crippen molar-refractivity contribution in [2.75, 3.05) is 5.32 Å². The van der Waals surface area contributed by atoms with Crippen LogP contribution in [0.25, 0.3) is 0 Å². The van der Waals surface area contributed by atoms with Gasteiger partial charge in [0, 0.05) is 23.7 Å². The Morgan fingerprint density at radius 3 is 2.61 bits per heavy atom. The molecule has 118 valence electrons. The Hall–Kier alpha value is -2.62. The third-order valence-electron chi connectivity index (χ3n) is 3.88. The summed E-state index contributed by atoms with van der Waals surface area (Å²) in [7, 11) is 0. The third-order valence-corrected chi connectivity index (χ3v) is 3.88. The summed E-state index contributed by atoms with van der Waals surface area (Å²) in [5, 5.41) is 5.77. The van der Waals surface area contributed by atoms with Crippen LogP contribution in [0.4, 0.5) is 5.69 Å². The van der Waals surface area contributed by atoms with E-state index in [1.54, 1.807) is 24.3 Å². The zero-order chi connectivity index (χ0) is 16.2. The van der Waals surface area contributed by atoms with Crippen molar-refractivity contribution in [3.05, 3.63) is 65.2 Å². The molecule has 1 fully saturated rings. The minimum atomic E-state index is -0.144. The molecule has 2 aromatic rings. The molecule has 0 unspecified atom stereocenters. The van der Waals surface area contributed by atoms with Crippen molar-refractivity contribution in [3.8, 4) is 0 Å². The van der Waals surface area contributed by atoms with E-state index >= 15 is 0 Å². The van der Waals surface area contributed by atoms with Gasteiger partial charge in [-0.05, 0) is 43.5 Å². The minimum absolute atomic E-state index is 0.0438. The quantitative estimate of drug-likeness (QED) is 0.890. The lowest BCUT2D eigenvalue weighted by Gasteiger charge is -2.08. The van der Waals surface area contributed by atoms with Crippen LogP contribution in [0.3, 0.4) is 0 Å². The molecule has 0 saturated heterocycles. The van der Waals surface area contributed by atoms with Crippen molar-refractivity contribution in [3.63, 3.8) is 0 Å². The molecule has 23 heavy (non-hydrogen) atoms. The highest BCUT2D eigenvalue weighted by Crippen LogP contribution is 2.30. The summed E-state index contributed by atoms with van der Waals surface area (Å²) in [4.78, 5) is 24.1. The number of benzene rings is 2. The molecule has 2 aromatic carbocycles. The van der Waals surface area contributed by atoms with Crippen molar-refractivity contribution >= 4 is 17.5 Å². The van der Waals surface area contributed by atoms with Gasteiger partial charge in [0.25, 0.3) is 5.91 Å². The van der Waals surface area contributed by atoms with Crippen molar-refractivity contribution in [1.29, 1.82) is 0 Å². The maximum atomic E-state index is 12.3. The van der Waals surface area contributed by atoms with Gasteiger partial charge in [0.05, 0.1) is 0 Å². The fourth-order valence-corrected chi connectivity index (χ4v) is 2.43. The maximum Gasteiger partial charge on any atom is 0.251 e. The molecule has 1 aliphatic carbocycles. The second-order valence-electron chi connectivity index (χ2n) is 6.02. The first-order chi connectivity index (χ1) is 11.1. The van der Waals surface area contributed by atoms with Crippen LogP contribution in [-0.2, 0) is 11.3 Å². The van der Waals surface area contributed by atoms with E-state index in [1.807, 2.05) is 31.2 Å². The van der Waals surface area contributed by atoms with Crippen molar-refractivity contribution in [1.82, 2.24) is 5.32 Å². The van der Waals surface area contributed by atoms with Crippen molar-refractivity contribution in [2.24, 2.45) is 5.92 Å². The van der Waals surface area contributed by atoms with Gasteiger partial charge >= 0.3 is 0 Å². The summed E-state index contributed by atoms with van der Waals surface area (Å²) in [6, 6.07) is 15.1. The van der Waals surface area contributed by atoms with Gasteiger partial charge in [0.1, 0.15) is 0 Å². The van der Waals surface area contributed by atoms with E-state index in [1.165, 1.54) is 5.56 Å². The molecule has 3 rings (SSSR count). The number of aryl methyl sites for hydroxylation is 1.